The van der Waals surface area contributed by atoms with Gasteiger partial charge in [-0.3, -0.25) is 0 Å². The number of rotatable bonds is 45. The molecule has 0 radical (unpaired) electrons. The third kappa shape index (κ3) is 96.9. The van der Waals surface area contributed by atoms with E-state index >= 15 is 0 Å². The van der Waals surface area contributed by atoms with E-state index in [1.807, 2.05) is 0 Å². The van der Waals surface area contributed by atoms with E-state index in [4.69, 9.17) is 11.5 Å². The highest BCUT2D eigenvalue weighted by Gasteiger charge is 1.94. The Hall–Kier alpha value is -0.960. The van der Waals surface area contributed by atoms with Crippen LogP contribution in [0.3, 0.4) is 0 Å². The number of terminal acetylenes is 1. The van der Waals surface area contributed by atoms with Gasteiger partial charge in [0.05, 0.1) is 0 Å². The molecule has 0 amide bonds. The quantitative estimate of drug-likeness (QED) is 0.0279. The lowest BCUT2D eigenvalue weighted by Gasteiger charge is -2.00. The highest BCUT2D eigenvalue weighted by Crippen LogP contribution is 2.13. The van der Waals surface area contributed by atoms with E-state index in [-0.39, 0.29) is 1.43 Å². The predicted octanol–water partition coefficient (Wildman–Crippen LogP) is 23.8. The molecule has 0 aliphatic rings. The molecule has 0 aliphatic carbocycles. The fraction of sp³-hybridized carbons (Fsp3) is 0.875. The molecule has 0 aromatic rings. The highest BCUT2D eigenvalue weighted by molar-refractivity contribution is 9.09. The van der Waals surface area contributed by atoms with Gasteiger partial charge in [-0.2, -0.15) is 0 Å². The Morgan fingerprint density at radius 3 is 0.879 bits per heavy atom. The van der Waals surface area contributed by atoms with Crippen molar-refractivity contribution in [1.82, 2.24) is 0 Å². The lowest BCUT2D eigenvalue weighted by Crippen LogP contribution is -1.84. The summed E-state index contributed by atoms with van der Waals surface area (Å²) in [5.74, 6) is 9.11. The predicted molar refractivity (Wildman–Crippen MR) is 315 cm³/mol. The monoisotopic (exact) mass is 991 g/mol. The van der Waals surface area contributed by atoms with Crippen LogP contribution in [0.5, 0.6) is 0 Å². The van der Waals surface area contributed by atoms with E-state index in [9.17, 15) is 0 Å². The van der Waals surface area contributed by atoms with Gasteiger partial charge in [0.2, 0.25) is 0 Å². The number of allylic oxidation sites excluding steroid dienone is 4. The lowest BCUT2D eigenvalue weighted by atomic mass is 10.1. The van der Waals surface area contributed by atoms with Crippen LogP contribution in [0.4, 0.5) is 0 Å². The van der Waals surface area contributed by atoms with E-state index in [2.05, 4.69) is 106 Å². The van der Waals surface area contributed by atoms with Gasteiger partial charge < -0.3 is 5.11 Å². The van der Waals surface area contributed by atoms with Crippen molar-refractivity contribution in [2.75, 3.05) is 11.9 Å². The molecule has 1 nitrogen and oxygen atoms in total. The first-order valence-electron chi connectivity index (χ1n) is 29.9. The number of alkyl halides is 1. The molecule has 0 heterocycles. The van der Waals surface area contributed by atoms with Crippen LogP contribution in [0.25, 0.3) is 0 Å². The maximum Gasteiger partial charge on any atom is 0.0431 e. The molecule has 0 unspecified atom stereocenters. The van der Waals surface area contributed by atoms with E-state index in [0.29, 0.717) is 6.61 Å². The summed E-state index contributed by atoms with van der Waals surface area (Å²) in [7, 11) is 0. The third-order valence-corrected chi connectivity index (χ3v) is 12.4. The summed E-state index contributed by atoms with van der Waals surface area (Å²) in [5, 5.41) is 9.82. The second-order valence-electron chi connectivity index (χ2n) is 19.0. The molecule has 0 bridgehead atoms. The van der Waals surface area contributed by atoms with Gasteiger partial charge in [0.1, 0.15) is 0 Å². The van der Waals surface area contributed by atoms with Crippen LogP contribution in [0, 0.1) is 24.2 Å². The smallest absolute Gasteiger partial charge is 0.0431 e. The number of hydrogen-bond donors (Lipinski definition) is 1. The van der Waals surface area contributed by atoms with Gasteiger partial charge in [0.15, 0.2) is 0 Å². The molecule has 0 rings (SSSR count). The van der Waals surface area contributed by atoms with Crippen molar-refractivity contribution in [3.8, 4) is 24.2 Å². The summed E-state index contributed by atoms with van der Waals surface area (Å²) in [6.45, 7) is 16.1. The normalized spacial score (nSPS) is 10.5. The summed E-state index contributed by atoms with van der Waals surface area (Å²) in [6.07, 6.45) is 77.3. The zero-order valence-electron chi connectivity index (χ0n) is 46.9. The Balaban J connectivity index is -0.000000178. The molecule has 396 valence electrons. The maximum absolute atomic E-state index is 8.64. The molecule has 0 saturated heterocycles. The number of aliphatic hydroxyl groups is 1. The van der Waals surface area contributed by atoms with Crippen LogP contribution in [0.1, 0.15) is 352 Å². The fourth-order valence-corrected chi connectivity index (χ4v) is 7.64. The van der Waals surface area contributed by atoms with E-state index in [1.54, 1.807) is 0 Å². The van der Waals surface area contributed by atoms with Crippen molar-refractivity contribution in [3.05, 3.63) is 24.3 Å². The molecule has 1 N–H and O–H groups in total. The van der Waals surface area contributed by atoms with E-state index in [1.165, 1.54) is 281 Å². The lowest BCUT2D eigenvalue weighted by molar-refractivity contribution is 0.282. The molecular weight excluding hydrogens is 865 g/mol. The molecule has 0 aromatic carbocycles. The summed E-state index contributed by atoms with van der Waals surface area (Å²) in [6, 6.07) is 0. The summed E-state index contributed by atoms with van der Waals surface area (Å²) >= 11 is 3.44. The Bertz CT molecular complexity index is 902. The molecule has 0 saturated carbocycles. The number of halogens is 1. The molecule has 0 aromatic heterocycles. The van der Waals surface area contributed by atoms with Gasteiger partial charge in [-0.1, -0.05) is 301 Å². The second-order valence-corrected chi connectivity index (χ2v) is 19.8. The van der Waals surface area contributed by atoms with Gasteiger partial charge in [-0.25, -0.2) is 0 Å². The van der Waals surface area contributed by atoms with Crippen LogP contribution >= 0.6 is 15.9 Å². The molecule has 0 fully saturated rings. The van der Waals surface area contributed by atoms with Crippen LogP contribution in [0.15, 0.2) is 24.3 Å². The Kier molecular flexibility index (Phi) is 94.2. The average Bonchev–Trinajstić information content (AvgIpc) is 3.33. The van der Waals surface area contributed by atoms with Crippen molar-refractivity contribution in [2.45, 2.75) is 350 Å². The van der Waals surface area contributed by atoms with Crippen molar-refractivity contribution < 1.29 is 6.53 Å². The first-order chi connectivity index (χ1) is 32.6. The average molecular weight is 993 g/mol. The zero-order valence-corrected chi connectivity index (χ0v) is 48.4. The third-order valence-electron chi connectivity index (χ3n) is 11.9. The van der Waals surface area contributed by atoms with E-state index in [0.717, 1.165) is 25.7 Å². The van der Waals surface area contributed by atoms with Gasteiger partial charge in [-0.15, -0.1) is 24.2 Å². The van der Waals surface area contributed by atoms with Gasteiger partial charge >= 0.3 is 0 Å². The summed E-state index contributed by atoms with van der Waals surface area (Å²) in [4.78, 5) is 0. The number of hydrogen-bond acceptors (Lipinski definition) is 1. The largest absolute Gasteiger partial charge is 0.396 e. The van der Waals surface area contributed by atoms with Crippen molar-refractivity contribution in [1.29, 1.82) is 0 Å². The van der Waals surface area contributed by atoms with Gasteiger partial charge in [-0.05, 0) is 70.6 Å². The first kappa shape index (κ1) is 74.0. The number of unbranched alkanes of at least 4 members (excludes halogenated alkanes) is 39. The van der Waals surface area contributed by atoms with Gasteiger partial charge in [0.25, 0.3) is 0 Å². The van der Waals surface area contributed by atoms with Crippen LogP contribution < -0.4 is 0 Å². The molecule has 0 spiro atoms. The SMILES string of the molecule is C#CCCCC.CCCC/C=C\CCCCCCCCCC.CCCC/C=C\CCCCCCCCCCO.CCCCC#CCCCCCCCCCC.CCCCCCCCCCBr.[HH]. The molecule has 0 atom stereocenters. The summed E-state index contributed by atoms with van der Waals surface area (Å²) in [5.41, 5.74) is 0. The van der Waals surface area contributed by atoms with Crippen molar-refractivity contribution >= 4 is 15.9 Å². The van der Waals surface area contributed by atoms with Gasteiger partial charge in [0, 0.05) is 32.6 Å². The topological polar surface area (TPSA) is 20.2 Å². The van der Waals surface area contributed by atoms with Crippen LogP contribution in [-0.4, -0.2) is 17.0 Å². The van der Waals surface area contributed by atoms with E-state index < -0.39 is 0 Å². The molecule has 0 aliphatic heterocycles. The fourth-order valence-electron chi connectivity index (χ4n) is 7.24. The van der Waals surface area contributed by atoms with Crippen molar-refractivity contribution in [3.63, 3.8) is 0 Å². The molecule has 66 heavy (non-hydrogen) atoms. The second kappa shape index (κ2) is 84.0. The van der Waals surface area contributed by atoms with Crippen LogP contribution in [-0.2, 0) is 0 Å². The minimum absolute atomic E-state index is 0. The Labute approximate surface area is 431 Å². The highest BCUT2D eigenvalue weighted by atomic mass is 79.9. The molecular formula is C64H127BrO. The number of aliphatic hydroxyl groups excluding tert-OH is 1. The minimum Gasteiger partial charge on any atom is -0.396 e. The Morgan fingerprint density at radius 1 is 0.318 bits per heavy atom. The summed E-state index contributed by atoms with van der Waals surface area (Å²) < 4.78 is 0. The van der Waals surface area contributed by atoms with Crippen molar-refractivity contribution in [2.24, 2.45) is 0 Å². The van der Waals surface area contributed by atoms with Crippen LogP contribution in [0.2, 0.25) is 0 Å². The molecule has 2 heteroatoms. The Morgan fingerprint density at radius 2 is 0.576 bits per heavy atom. The standard InChI is InChI=1S/C16H32O.C16H32.C16H30.C10H21Br.C6H10.H2/c1-2-3-4-5-6-7-8-9-10-11-12-13-14-15-16-17;2*1-3-5-7-9-11-13-15-16-14-12-10-8-6-4-2;1-2-3-4-5-6-7-8-9-10-11;1-3-5-6-4-2;/h5-6,17H,2-4,7-16H2,1H3;9,11H,3-8,10,12-16H2,1-2H3;3-9,11,13-16H2,1-2H3;2-10H2,1H3;1H,4-6H2,2H3;1H/b6-5-;11-9-;;;;. The minimum atomic E-state index is 0. The zero-order chi connectivity index (χ0) is 49.6. The maximum atomic E-state index is 8.64. The first-order valence-corrected chi connectivity index (χ1v) is 31.1.